The first kappa shape index (κ1) is 19.5. The van der Waals surface area contributed by atoms with Crippen molar-refractivity contribution >= 4 is 21.6 Å². The van der Waals surface area contributed by atoms with Gasteiger partial charge in [-0.05, 0) is 54.8 Å². The predicted octanol–water partition coefficient (Wildman–Crippen LogP) is 2.05. The van der Waals surface area contributed by atoms with Crippen LogP contribution in [0.25, 0.3) is 0 Å². The van der Waals surface area contributed by atoms with Crippen LogP contribution < -0.4 is 10.0 Å². The topological polar surface area (TPSA) is 83.7 Å². The number of likely N-dealkylation sites (N-methyl/N-ethyl adjacent to an activating group) is 1. The molecule has 0 fully saturated rings. The van der Waals surface area contributed by atoms with Crippen LogP contribution in [0.3, 0.4) is 0 Å². The van der Waals surface area contributed by atoms with E-state index in [0.717, 1.165) is 24.3 Å². The van der Waals surface area contributed by atoms with E-state index in [1.165, 1.54) is 17.2 Å². The zero-order valence-electron chi connectivity index (χ0n) is 15.7. The van der Waals surface area contributed by atoms with Crippen LogP contribution >= 0.6 is 0 Å². The maximum atomic E-state index is 12.9. The van der Waals surface area contributed by atoms with Gasteiger partial charge in [-0.15, -0.1) is 0 Å². The number of nitrogens with two attached hydrogens (primary N) is 1. The van der Waals surface area contributed by atoms with Crippen LogP contribution in [0.15, 0.2) is 47.4 Å². The first-order valence-electron chi connectivity index (χ1n) is 9.02. The molecule has 2 N–H and O–H groups in total. The van der Waals surface area contributed by atoms with Gasteiger partial charge in [-0.3, -0.25) is 9.69 Å². The van der Waals surface area contributed by atoms with E-state index in [9.17, 15) is 13.2 Å². The quantitative estimate of drug-likeness (QED) is 0.822. The normalized spacial score (nSPS) is 13.9. The predicted molar refractivity (Wildman–Crippen MR) is 106 cm³/mol. The smallest absolute Gasteiger partial charge is 0.241 e. The molecule has 0 bridgehead atoms. The molecule has 1 heterocycles. The first-order chi connectivity index (χ1) is 12.8. The minimum atomic E-state index is -3.74. The number of nitrogens with zero attached hydrogens (tertiary/aromatic N) is 2. The number of carbonyl (C=O) groups is 1. The molecule has 2 aromatic carbocycles. The third kappa shape index (κ3) is 4.37. The zero-order chi connectivity index (χ0) is 19.6. The summed E-state index contributed by atoms with van der Waals surface area (Å²) in [4.78, 5) is 16.8. The van der Waals surface area contributed by atoms with Gasteiger partial charge in [-0.1, -0.05) is 31.2 Å². The SMILES string of the molecule is CCN(CC(=O)N1CCc2cc(S(N)(=O)=O)ccc21)Cc1ccccc1C. The highest BCUT2D eigenvalue weighted by atomic mass is 32.2. The number of fused-ring (bicyclic) bond motifs is 1. The molecule has 0 unspecified atom stereocenters. The van der Waals surface area contributed by atoms with Crippen molar-refractivity contribution in [2.45, 2.75) is 31.7 Å². The van der Waals surface area contributed by atoms with Crippen molar-refractivity contribution in [2.75, 3.05) is 24.5 Å². The van der Waals surface area contributed by atoms with Gasteiger partial charge >= 0.3 is 0 Å². The van der Waals surface area contributed by atoms with Gasteiger partial charge in [0.05, 0.1) is 11.4 Å². The molecule has 3 rings (SSSR count). The summed E-state index contributed by atoms with van der Waals surface area (Å²) in [5, 5.41) is 5.20. The monoisotopic (exact) mass is 387 g/mol. The summed E-state index contributed by atoms with van der Waals surface area (Å²) in [6, 6.07) is 12.9. The second kappa shape index (κ2) is 7.80. The molecule has 0 atom stereocenters. The zero-order valence-corrected chi connectivity index (χ0v) is 16.5. The number of primary sulfonamides is 1. The number of rotatable bonds is 6. The Hall–Kier alpha value is -2.22. The summed E-state index contributed by atoms with van der Waals surface area (Å²) in [5.74, 6) is 0.0209. The third-order valence-corrected chi connectivity index (χ3v) is 5.95. The van der Waals surface area contributed by atoms with Gasteiger partial charge in [0, 0.05) is 18.8 Å². The lowest BCUT2D eigenvalue weighted by molar-refractivity contribution is -0.119. The average molecular weight is 388 g/mol. The number of anilines is 1. The Kier molecular flexibility index (Phi) is 5.64. The number of benzene rings is 2. The van der Waals surface area contributed by atoms with Crippen LogP contribution in [0.1, 0.15) is 23.6 Å². The van der Waals surface area contributed by atoms with E-state index >= 15 is 0 Å². The van der Waals surface area contributed by atoms with Crippen LogP contribution in [-0.2, 0) is 27.8 Å². The number of hydrogen-bond acceptors (Lipinski definition) is 4. The number of sulfonamides is 1. The Morgan fingerprint density at radius 2 is 1.96 bits per heavy atom. The fraction of sp³-hybridized carbons (Fsp3) is 0.350. The molecule has 1 aliphatic rings. The van der Waals surface area contributed by atoms with Gasteiger partial charge in [-0.2, -0.15) is 0 Å². The van der Waals surface area contributed by atoms with Gasteiger partial charge in [0.1, 0.15) is 0 Å². The van der Waals surface area contributed by atoms with E-state index in [1.807, 2.05) is 19.1 Å². The Morgan fingerprint density at radius 3 is 2.63 bits per heavy atom. The van der Waals surface area contributed by atoms with Gasteiger partial charge in [-0.25, -0.2) is 13.6 Å². The lowest BCUT2D eigenvalue weighted by Crippen LogP contribution is -2.39. The lowest BCUT2D eigenvalue weighted by atomic mass is 10.1. The van der Waals surface area contributed by atoms with E-state index < -0.39 is 10.0 Å². The minimum Gasteiger partial charge on any atom is -0.311 e. The van der Waals surface area contributed by atoms with E-state index in [2.05, 4.69) is 24.0 Å². The fourth-order valence-electron chi connectivity index (χ4n) is 3.40. The summed E-state index contributed by atoms with van der Waals surface area (Å²) < 4.78 is 23.0. The third-order valence-electron chi connectivity index (χ3n) is 5.04. The molecule has 0 saturated heterocycles. The Balaban J connectivity index is 1.73. The van der Waals surface area contributed by atoms with Crippen molar-refractivity contribution in [3.05, 3.63) is 59.2 Å². The molecule has 0 saturated carbocycles. The minimum absolute atomic E-state index is 0.0209. The van der Waals surface area contributed by atoms with Crippen molar-refractivity contribution in [2.24, 2.45) is 5.14 Å². The average Bonchev–Trinajstić information content (AvgIpc) is 3.05. The van der Waals surface area contributed by atoms with E-state index in [-0.39, 0.29) is 10.8 Å². The Bertz CT molecular complexity index is 957. The number of aryl methyl sites for hydroxylation is 1. The first-order valence-corrected chi connectivity index (χ1v) is 10.6. The summed E-state index contributed by atoms with van der Waals surface area (Å²) in [5.41, 5.74) is 4.05. The summed E-state index contributed by atoms with van der Waals surface area (Å²) in [7, 11) is -3.74. The fourth-order valence-corrected chi connectivity index (χ4v) is 3.96. The van der Waals surface area contributed by atoms with Gasteiger partial charge in [0.2, 0.25) is 15.9 Å². The molecule has 0 aromatic heterocycles. The van der Waals surface area contributed by atoms with Crippen molar-refractivity contribution in [3.63, 3.8) is 0 Å². The molecule has 27 heavy (non-hydrogen) atoms. The van der Waals surface area contributed by atoms with E-state index in [1.54, 1.807) is 17.0 Å². The van der Waals surface area contributed by atoms with Crippen molar-refractivity contribution in [1.29, 1.82) is 0 Å². The molecule has 1 amide bonds. The molecule has 6 nitrogen and oxygen atoms in total. The van der Waals surface area contributed by atoms with Gasteiger partial charge < -0.3 is 4.90 Å². The second-order valence-electron chi connectivity index (χ2n) is 6.86. The standard InChI is InChI=1S/C20H25N3O3S/c1-3-22(13-17-7-5-4-6-15(17)2)14-20(24)23-11-10-16-12-18(27(21,25)26)8-9-19(16)23/h4-9,12H,3,10-11,13-14H2,1-2H3,(H2,21,25,26). The second-order valence-corrected chi connectivity index (χ2v) is 8.42. The number of hydrogen-bond donors (Lipinski definition) is 1. The van der Waals surface area contributed by atoms with Crippen LogP contribution in [0.4, 0.5) is 5.69 Å². The van der Waals surface area contributed by atoms with Crippen molar-refractivity contribution in [3.8, 4) is 0 Å². The molecular formula is C20H25N3O3S. The Morgan fingerprint density at radius 1 is 1.22 bits per heavy atom. The van der Waals surface area contributed by atoms with Crippen LogP contribution in [0, 0.1) is 6.92 Å². The highest BCUT2D eigenvalue weighted by Crippen LogP contribution is 2.30. The lowest BCUT2D eigenvalue weighted by Gasteiger charge is -2.25. The molecule has 144 valence electrons. The molecule has 0 radical (unpaired) electrons. The molecule has 7 heteroatoms. The highest BCUT2D eigenvalue weighted by molar-refractivity contribution is 7.89. The largest absolute Gasteiger partial charge is 0.311 e. The molecular weight excluding hydrogens is 362 g/mol. The van der Waals surface area contributed by atoms with Crippen LogP contribution in [0.2, 0.25) is 0 Å². The van der Waals surface area contributed by atoms with E-state index in [0.29, 0.717) is 19.5 Å². The molecule has 0 spiro atoms. The summed E-state index contributed by atoms with van der Waals surface area (Å²) >= 11 is 0. The number of carbonyl (C=O) groups excluding carboxylic acids is 1. The Labute approximate surface area is 160 Å². The molecule has 0 aliphatic carbocycles. The highest BCUT2D eigenvalue weighted by Gasteiger charge is 2.27. The molecule has 2 aromatic rings. The van der Waals surface area contributed by atoms with Crippen molar-refractivity contribution < 1.29 is 13.2 Å². The van der Waals surface area contributed by atoms with Crippen molar-refractivity contribution in [1.82, 2.24) is 4.90 Å². The molecule has 1 aliphatic heterocycles. The maximum absolute atomic E-state index is 12.9. The van der Waals surface area contributed by atoms with Crippen LogP contribution in [-0.4, -0.2) is 38.9 Å². The maximum Gasteiger partial charge on any atom is 0.241 e. The van der Waals surface area contributed by atoms with Crippen LogP contribution in [0.5, 0.6) is 0 Å². The van der Waals surface area contributed by atoms with E-state index in [4.69, 9.17) is 5.14 Å². The number of amides is 1. The summed E-state index contributed by atoms with van der Waals surface area (Å²) in [6.07, 6.45) is 0.633. The summed E-state index contributed by atoms with van der Waals surface area (Å²) in [6.45, 7) is 6.49. The van der Waals surface area contributed by atoms with Gasteiger partial charge in [0.25, 0.3) is 0 Å². The van der Waals surface area contributed by atoms with Gasteiger partial charge in [0.15, 0.2) is 0 Å².